The Hall–Kier alpha value is -0.313. The molecule has 0 spiro atoms. The Labute approximate surface area is 86.7 Å². The number of carboxylic acid groups (broad SMARTS) is 1. The zero-order chi connectivity index (χ0) is 10.6. The Morgan fingerprint density at radius 3 is 2.21 bits per heavy atom. The van der Waals surface area contributed by atoms with E-state index in [2.05, 4.69) is 19.6 Å². The van der Waals surface area contributed by atoms with Crippen LogP contribution in [0, 0.1) is 17.3 Å². The van der Waals surface area contributed by atoms with Crippen molar-refractivity contribution in [3.05, 3.63) is 0 Å². The minimum Gasteiger partial charge on any atom is -0.481 e. The van der Waals surface area contributed by atoms with Crippen LogP contribution in [0.1, 0.15) is 19.3 Å². The van der Waals surface area contributed by atoms with Gasteiger partial charge in [-0.15, -0.1) is 0 Å². The van der Waals surface area contributed by atoms with Crippen LogP contribution in [-0.2, 0) is 4.79 Å². The quantitative estimate of drug-likeness (QED) is 0.730. The Bertz CT molecular complexity index is 257. The summed E-state index contributed by atoms with van der Waals surface area (Å²) in [7, 11) is -1.25. The average Bonchev–Trinajstić information content (AvgIpc) is 2.56. The predicted molar refractivity (Wildman–Crippen MR) is 59.1 cm³/mol. The van der Waals surface area contributed by atoms with Gasteiger partial charge < -0.3 is 5.11 Å². The van der Waals surface area contributed by atoms with Crippen molar-refractivity contribution in [3.8, 4) is 0 Å². The number of hydrogen-bond donors (Lipinski definition) is 1. The van der Waals surface area contributed by atoms with Crippen molar-refractivity contribution in [1.29, 1.82) is 0 Å². The first-order chi connectivity index (χ1) is 6.32. The van der Waals surface area contributed by atoms with Crippen molar-refractivity contribution in [2.75, 3.05) is 0 Å². The maximum atomic E-state index is 11.4. The molecule has 3 heteroatoms. The summed E-state index contributed by atoms with van der Waals surface area (Å²) in [5.74, 6) is 1.01. The van der Waals surface area contributed by atoms with Crippen LogP contribution in [0.2, 0.25) is 25.7 Å². The van der Waals surface area contributed by atoms with Crippen LogP contribution in [0.4, 0.5) is 0 Å². The maximum Gasteiger partial charge on any atom is 0.309 e. The zero-order valence-electron chi connectivity index (χ0n) is 9.34. The number of carboxylic acids is 1. The molecule has 2 atom stereocenters. The molecule has 0 aromatic heterocycles. The van der Waals surface area contributed by atoms with Crippen LogP contribution < -0.4 is 0 Å². The van der Waals surface area contributed by atoms with Crippen LogP contribution in [0.5, 0.6) is 0 Å². The fourth-order valence-electron chi connectivity index (χ4n) is 3.31. The van der Waals surface area contributed by atoms with Crippen molar-refractivity contribution in [2.45, 2.75) is 44.9 Å². The van der Waals surface area contributed by atoms with Crippen LogP contribution in [0.25, 0.3) is 0 Å². The smallest absolute Gasteiger partial charge is 0.309 e. The van der Waals surface area contributed by atoms with Crippen LogP contribution >= 0.6 is 0 Å². The van der Waals surface area contributed by atoms with Crippen LogP contribution in [0.3, 0.4) is 0 Å². The SMILES string of the molecule is C[Si](C)(C)CC1(C(=O)O)CC2CC2C1. The number of aliphatic carboxylic acids is 1. The minimum atomic E-state index is -1.25. The zero-order valence-corrected chi connectivity index (χ0v) is 10.3. The highest BCUT2D eigenvalue weighted by Crippen LogP contribution is 2.62. The molecule has 2 aliphatic rings. The third-order valence-corrected chi connectivity index (χ3v) is 5.43. The topological polar surface area (TPSA) is 37.3 Å². The maximum absolute atomic E-state index is 11.4. The second-order valence-electron chi connectivity index (χ2n) is 6.49. The van der Waals surface area contributed by atoms with E-state index in [-0.39, 0.29) is 5.41 Å². The van der Waals surface area contributed by atoms with Crippen molar-refractivity contribution >= 4 is 14.0 Å². The molecular weight excluding hydrogens is 192 g/mol. The second kappa shape index (κ2) is 2.84. The van der Waals surface area contributed by atoms with E-state index >= 15 is 0 Å². The normalized spacial score (nSPS) is 40.8. The number of hydrogen-bond acceptors (Lipinski definition) is 1. The Morgan fingerprint density at radius 1 is 1.36 bits per heavy atom. The lowest BCUT2D eigenvalue weighted by Gasteiger charge is -2.32. The summed E-state index contributed by atoms with van der Waals surface area (Å²) in [6.07, 6.45) is 3.25. The standard InChI is InChI=1S/C11H20O2Si/c1-14(2,3)7-11(10(12)13)5-8-4-9(8)6-11/h8-9H,4-7H2,1-3H3,(H,12,13). The minimum absolute atomic E-state index is 0.321. The summed E-state index contributed by atoms with van der Waals surface area (Å²) in [4.78, 5) is 11.4. The van der Waals surface area contributed by atoms with Crippen LogP contribution in [0.15, 0.2) is 0 Å². The highest BCUT2D eigenvalue weighted by Gasteiger charge is 2.58. The molecule has 2 rings (SSSR count). The van der Waals surface area contributed by atoms with E-state index in [1.165, 1.54) is 6.42 Å². The first-order valence-corrected chi connectivity index (χ1v) is 9.27. The van der Waals surface area contributed by atoms with E-state index in [1.54, 1.807) is 0 Å². The van der Waals surface area contributed by atoms with Gasteiger partial charge in [-0.1, -0.05) is 19.6 Å². The van der Waals surface area contributed by atoms with Gasteiger partial charge in [0.2, 0.25) is 0 Å². The summed E-state index contributed by atoms with van der Waals surface area (Å²) in [6.45, 7) is 6.84. The number of rotatable bonds is 3. The van der Waals surface area contributed by atoms with Gasteiger partial charge in [-0.2, -0.15) is 0 Å². The van der Waals surface area contributed by atoms with Crippen molar-refractivity contribution in [1.82, 2.24) is 0 Å². The Balaban J connectivity index is 2.12. The number of fused-ring (bicyclic) bond motifs is 1. The van der Waals surface area contributed by atoms with Crippen LogP contribution in [-0.4, -0.2) is 19.1 Å². The molecule has 0 heterocycles. The van der Waals surface area contributed by atoms with Gasteiger partial charge in [-0.3, -0.25) is 4.79 Å². The second-order valence-corrected chi connectivity index (χ2v) is 12.0. The van der Waals surface area contributed by atoms with Crippen molar-refractivity contribution in [2.24, 2.45) is 17.3 Å². The van der Waals surface area contributed by atoms with Gasteiger partial charge in [0.25, 0.3) is 0 Å². The van der Waals surface area contributed by atoms with Crippen molar-refractivity contribution < 1.29 is 9.90 Å². The number of carbonyl (C=O) groups is 1. The molecule has 0 saturated heterocycles. The first kappa shape index (κ1) is 10.2. The third kappa shape index (κ3) is 1.74. The fraction of sp³-hybridized carbons (Fsp3) is 0.909. The molecule has 14 heavy (non-hydrogen) atoms. The van der Waals surface area contributed by atoms with Crippen molar-refractivity contribution in [3.63, 3.8) is 0 Å². The van der Waals surface area contributed by atoms with Gasteiger partial charge >= 0.3 is 5.97 Å². The average molecular weight is 212 g/mol. The van der Waals surface area contributed by atoms with E-state index in [0.29, 0.717) is 0 Å². The largest absolute Gasteiger partial charge is 0.481 e. The lowest BCUT2D eigenvalue weighted by molar-refractivity contribution is -0.148. The molecule has 0 bridgehead atoms. The molecule has 2 nitrogen and oxygen atoms in total. The van der Waals surface area contributed by atoms with Gasteiger partial charge in [0.1, 0.15) is 0 Å². The Kier molecular flexibility index (Phi) is 2.07. The van der Waals surface area contributed by atoms with Gasteiger partial charge in [0.15, 0.2) is 0 Å². The Morgan fingerprint density at radius 2 is 1.86 bits per heavy atom. The molecule has 0 aromatic carbocycles. The summed E-state index contributed by atoms with van der Waals surface area (Å²) in [5.41, 5.74) is -0.321. The first-order valence-electron chi connectivity index (χ1n) is 5.56. The van der Waals surface area contributed by atoms with E-state index in [4.69, 9.17) is 0 Å². The molecule has 2 fully saturated rings. The molecule has 0 aliphatic heterocycles. The molecule has 80 valence electrons. The summed E-state index contributed by atoms with van der Waals surface area (Å²) in [5, 5.41) is 9.39. The third-order valence-electron chi connectivity index (χ3n) is 3.70. The monoisotopic (exact) mass is 212 g/mol. The van der Waals surface area contributed by atoms with Gasteiger partial charge in [0, 0.05) is 8.07 Å². The lowest BCUT2D eigenvalue weighted by atomic mass is 9.85. The van der Waals surface area contributed by atoms with Gasteiger partial charge in [0.05, 0.1) is 5.41 Å². The predicted octanol–water partition coefficient (Wildman–Crippen LogP) is 2.83. The molecule has 0 radical (unpaired) electrons. The summed E-state index contributed by atoms with van der Waals surface area (Å²) < 4.78 is 0. The van der Waals surface area contributed by atoms with E-state index in [9.17, 15) is 9.90 Å². The molecule has 1 N–H and O–H groups in total. The van der Waals surface area contributed by atoms with E-state index < -0.39 is 14.0 Å². The fourth-order valence-corrected chi connectivity index (χ4v) is 5.78. The summed E-state index contributed by atoms with van der Waals surface area (Å²) >= 11 is 0. The van der Waals surface area contributed by atoms with Gasteiger partial charge in [-0.25, -0.2) is 0 Å². The van der Waals surface area contributed by atoms with E-state index in [0.717, 1.165) is 30.7 Å². The highest BCUT2D eigenvalue weighted by molar-refractivity contribution is 6.76. The van der Waals surface area contributed by atoms with E-state index in [1.807, 2.05) is 0 Å². The molecule has 0 aromatic rings. The summed E-state index contributed by atoms with van der Waals surface area (Å²) in [6, 6.07) is 0.975. The molecule has 2 saturated carbocycles. The molecule has 2 unspecified atom stereocenters. The lowest BCUT2D eigenvalue weighted by Crippen LogP contribution is -2.37. The molecular formula is C11H20O2Si. The molecule has 2 aliphatic carbocycles. The highest BCUT2D eigenvalue weighted by atomic mass is 28.3. The van der Waals surface area contributed by atoms with Gasteiger partial charge in [-0.05, 0) is 37.1 Å². The molecule has 0 amide bonds.